The smallest absolute Gasteiger partial charge is 0.308 e. The first-order valence-electron chi connectivity index (χ1n) is 7.75. The molecular formula is C16H23ClN2O5S. The number of hydrogen-bond donors (Lipinski definition) is 2. The Morgan fingerprint density at radius 2 is 1.80 bits per heavy atom. The van der Waals surface area contributed by atoms with Crippen LogP contribution in [0.25, 0.3) is 0 Å². The number of halogens is 1. The van der Waals surface area contributed by atoms with Crippen molar-refractivity contribution in [3.8, 4) is 0 Å². The Morgan fingerprint density at radius 3 is 2.28 bits per heavy atom. The molecule has 0 bridgehead atoms. The molecule has 1 amide bonds. The first kappa shape index (κ1) is 21.4. The summed E-state index contributed by atoms with van der Waals surface area (Å²) in [6, 6.07) is 5.61. The van der Waals surface area contributed by atoms with Gasteiger partial charge in [0.1, 0.15) is 0 Å². The van der Waals surface area contributed by atoms with E-state index < -0.39 is 34.4 Å². The molecule has 0 radical (unpaired) electrons. The fourth-order valence-electron chi connectivity index (χ4n) is 2.21. The van der Waals surface area contributed by atoms with Crippen LogP contribution < -0.4 is 5.32 Å². The van der Waals surface area contributed by atoms with Gasteiger partial charge in [0.15, 0.2) is 0 Å². The summed E-state index contributed by atoms with van der Waals surface area (Å²) >= 11 is 5.74. The first-order valence-corrected chi connectivity index (χ1v) is 9.57. The van der Waals surface area contributed by atoms with E-state index in [1.54, 1.807) is 0 Å². The second-order valence-corrected chi connectivity index (χ2v) is 8.67. The molecule has 0 aliphatic rings. The number of carbonyl (C=O) groups excluding carboxylic acids is 1. The van der Waals surface area contributed by atoms with Crippen LogP contribution in [-0.4, -0.2) is 49.8 Å². The molecule has 0 aromatic heterocycles. The highest BCUT2D eigenvalue weighted by molar-refractivity contribution is 7.89. The Bertz CT molecular complexity index is 704. The summed E-state index contributed by atoms with van der Waals surface area (Å²) in [5.41, 5.74) is 0. The zero-order chi connectivity index (χ0) is 19.2. The van der Waals surface area contributed by atoms with Crippen molar-refractivity contribution in [3.63, 3.8) is 0 Å². The van der Waals surface area contributed by atoms with Crippen LogP contribution in [0.2, 0.25) is 5.02 Å². The van der Waals surface area contributed by atoms with Crippen molar-refractivity contribution in [2.45, 2.75) is 25.2 Å². The summed E-state index contributed by atoms with van der Waals surface area (Å²) < 4.78 is 25.7. The molecule has 140 valence electrons. The van der Waals surface area contributed by atoms with E-state index >= 15 is 0 Å². The molecule has 0 heterocycles. The molecule has 2 N–H and O–H groups in total. The topological polar surface area (TPSA) is 104 Å². The van der Waals surface area contributed by atoms with Crippen LogP contribution >= 0.6 is 11.6 Å². The molecule has 1 atom stereocenters. The lowest BCUT2D eigenvalue weighted by atomic mass is 9.97. The minimum Gasteiger partial charge on any atom is -0.481 e. The number of sulfonamides is 1. The molecule has 0 saturated carbocycles. The summed E-state index contributed by atoms with van der Waals surface area (Å²) in [6.45, 7) is 3.34. The van der Waals surface area contributed by atoms with E-state index in [0.29, 0.717) is 11.4 Å². The number of nitrogens with one attached hydrogen (secondary N) is 1. The van der Waals surface area contributed by atoms with Gasteiger partial charge >= 0.3 is 5.97 Å². The van der Waals surface area contributed by atoms with Crippen LogP contribution in [0.1, 0.15) is 20.3 Å². The Kier molecular flexibility index (Phi) is 7.85. The number of carboxylic acids is 1. The summed E-state index contributed by atoms with van der Waals surface area (Å²) in [5.74, 6) is -2.08. The van der Waals surface area contributed by atoms with Gasteiger partial charge in [-0.25, -0.2) is 8.42 Å². The minimum absolute atomic E-state index is 0.0235. The predicted octanol–water partition coefficient (Wildman–Crippen LogP) is 1.82. The lowest BCUT2D eigenvalue weighted by molar-refractivity contribution is -0.142. The van der Waals surface area contributed by atoms with Crippen LogP contribution in [0, 0.1) is 11.8 Å². The number of hydrogen-bond acceptors (Lipinski definition) is 4. The zero-order valence-corrected chi connectivity index (χ0v) is 16.0. The van der Waals surface area contributed by atoms with Crippen molar-refractivity contribution in [1.29, 1.82) is 0 Å². The maximum absolute atomic E-state index is 12.4. The second-order valence-electron chi connectivity index (χ2n) is 6.18. The van der Waals surface area contributed by atoms with Gasteiger partial charge in [0.05, 0.1) is 17.4 Å². The Labute approximate surface area is 153 Å². The van der Waals surface area contributed by atoms with Gasteiger partial charge < -0.3 is 10.4 Å². The van der Waals surface area contributed by atoms with Crippen molar-refractivity contribution in [1.82, 2.24) is 9.62 Å². The number of nitrogens with zero attached hydrogens (tertiary/aromatic N) is 1. The van der Waals surface area contributed by atoms with Crippen LogP contribution in [-0.2, 0) is 19.6 Å². The number of aliphatic carboxylic acids is 1. The Morgan fingerprint density at radius 1 is 1.24 bits per heavy atom. The van der Waals surface area contributed by atoms with Crippen LogP contribution in [0.4, 0.5) is 0 Å². The molecule has 0 fully saturated rings. The van der Waals surface area contributed by atoms with E-state index in [-0.39, 0.29) is 17.4 Å². The second kappa shape index (κ2) is 9.17. The van der Waals surface area contributed by atoms with E-state index in [9.17, 15) is 18.0 Å². The fraction of sp³-hybridized carbons (Fsp3) is 0.500. The fourth-order valence-corrected chi connectivity index (χ4v) is 3.46. The molecule has 0 aliphatic carbocycles. The van der Waals surface area contributed by atoms with Crippen molar-refractivity contribution in [3.05, 3.63) is 29.3 Å². The molecule has 1 aromatic carbocycles. The lowest BCUT2D eigenvalue weighted by Crippen LogP contribution is -2.41. The molecule has 25 heavy (non-hydrogen) atoms. The highest BCUT2D eigenvalue weighted by atomic mass is 35.5. The molecule has 1 unspecified atom stereocenters. The molecule has 7 nitrogen and oxygen atoms in total. The lowest BCUT2D eigenvalue weighted by Gasteiger charge is -2.19. The van der Waals surface area contributed by atoms with Gasteiger partial charge in [0.2, 0.25) is 15.9 Å². The summed E-state index contributed by atoms with van der Waals surface area (Å²) in [7, 11) is -2.54. The molecular weight excluding hydrogens is 368 g/mol. The van der Waals surface area contributed by atoms with Gasteiger partial charge in [0, 0.05) is 18.6 Å². The zero-order valence-electron chi connectivity index (χ0n) is 14.4. The highest BCUT2D eigenvalue weighted by Crippen LogP contribution is 2.17. The van der Waals surface area contributed by atoms with Gasteiger partial charge in [-0.3, -0.25) is 9.59 Å². The van der Waals surface area contributed by atoms with E-state index in [4.69, 9.17) is 16.7 Å². The van der Waals surface area contributed by atoms with Crippen LogP contribution in [0.3, 0.4) is 0 Å². The standard InChI is InChI=1S/C16H23ClN2O5S/c1-11(2)8-12(16(21)22)9-18-15(20)10-19(3)25(23,24)14-6-4-13(17)5-7-14/h4-7,11-12H,8-10H2,1-3H3,(H,18,20)(H,21,22). The minimum atomic E-state index is -3.83. The van der Waals surface area contributed by atoms with E-state index in [1.165, 1.54) is 31.3 Å². The number of carbonyl (C=O) groups is 2. The van der Waals surface area contributed by atoms with Crippen molar-refractivity contribution < 1.29 is 23.1 Å². The monoisotopic (exact) mass is 390 g/mol. The SMILES string of the molecule is CC(C)CC(CNC(=O)CN(C)S(=O)(=O)c1ccc(Cl)cc1)C(=O)O. The number of rotatable bonds is 9. The maximum Gasteiger partial charge on any atom is 0.308 e. The first-order chi connectivity index (χ1) is 11.5. The quantitative estimate of drug-likeness (QED) is 0.669. The number of carboxylic acid groups (broad SMARTS) is 1. The molecule has 9 heteroatoms. The van der Waals surface area contributed by atoms with E-state index in [2.05, 4.69) is 5.32 Å². The predicted molar refractivity (Wildman–Crippen MR) is 94.9 cm³/mol. The van der Waals surface area contributed by atoms with Gasteiger partial charge in [-0.1, -0.05) is 25.4 Å². The third-order valence-corrected chi connectivity index (χ3v) is 5.61. The summed E-state index contributed by atoms with van der Waals surface area (Å²) in [4.78, 5) is 23.2. The molecule has 1 aromatic rings. The van der Waals surface area contributed by atoms with E-state index in [0.717, 1.165) is 4.31 Å². The largest absolute Gasteiger partial charge is 0.481 e. The molecule has 1 rings (SSSR count). The Balaban J connectivity index is 2.66. The number of amides is 1. The highest BCUT2D eigenvalue weighted by Gasteiger charge is 2.24. The van der Waals surface area contributed by atoms with Gasteiger partial charge in [-0.05, 0) is 36.6 Å². The van der Waals surface area contributed by atoms with Gasteiger partial charge in [-0.2, -0.15) is 4.31 Å². The molecule has 0 spiro atoms. The average molecular weight is 391 g/mol. The van der Waals surface area contributed by atoms with E-state index in [1.807, 2.05) is 13.8 Å². The van der Waals surface area contributed by atoms with Gasteiger partial charge in [-0.15, -0.1) is 0 Å². The third kappa shape index (κ3) is 6.64. The van der Waals surface area contributed by atoms with Crippen molar-refractivity contribution in [2.75, 3.05) is 20.1 Å². The van der Waals surface area contributed by atoms with Crippen LogP contribution in [0.15, 0.2) is 29.2 Å². The number of benzene rings is 1. The van der Waals surface area contributed by atoms with Crippen LogP contribution in [0.5, 0.6) is 0 Å². The van der Waals surface area contributed by atoms with Crippen molar-refractivity contribution >= 4 is 33.5 Å². The maximum atomic E-state index is 12.4. The van der Waals surface area contributed by atoms with Gasteiger partial charge in [0.25, 0.3) is 0 Å². The molecule has 0 saturated heterocycles. The third-order valence-electron chi connectivity index (χ3n) is 3.54. The summed E-state index contributed by atoms with van der Waals surface area (Å²) in [6.07, 6.45) is 0.425. The summed E-state index contributed by atoms with van der Waals surface area (Å²) in [5, 5.41) is 12.0. The molecule has 0 aliphatic heterocycles. The normalized spacial score (nSPS) is 13.0. The Hall–Kier alpha value is -1.64. The van der Waals surface area contributed by atoms with Crippen molar-refractivity contribution in [2.24, 2.45) is 11.8 Å². The number of likely N-dealkylation sites (N-methyl/N-ethyl adjacent to an activating group) is 1. The average Bonchev–Trinajstić information content (AvgIpc) is 2.51.